The highest BCUT2D eigenvalue weighted by Gasteiger charge is 2.33. The fourth-order valence-electron chi connectivity index (χ4n) is 1.88. The zero-order valence-corrected chi connectivity index (χ0v) is 10.7. The van der Waals surface area contributed by atoms with E-state index < -0.39 is 5.97 Å². The minimum absolute atomic E-state index is 0.0680. The molecule has 11 heteroatoms. The number of nitrogens with one attached hydrogen (secondary N) is 1. The van der Waals surface area contributed by atoms with E-state index in [9.17, 15) is 9.59 Å². The van der Waals surface area contributed by atoms with Gasteiger partial charge in [0.15, 0.2) is 11.5 Å². The number of aromatic carboxylic acids is 1. The minimum Gasteiger partial charge on any atom is -0.476 e. The van der Waals surface area contributed by atoms with Crippen molar-refractivity contribution in [2.24, 2.45) is 0 Å². The highest BCUT2D eigenvalue weighted by atomic mass is 16.5. The summed E-state index contributed by atoms with van der Waals surface area (Å²) < 4.78 is 6.00. The van der Waals surface area contributed by atoms with Gasteiger partial charge in [0.1, 0.15) is 0 Å². The molecule has 2 amide bonds. The smallest absolute Gasteiger partial charge is 0.358 e. The fraction of sp³-hybridized carbons (Fsp3) is 0.400. The molecule has 2 N–H and O–H groups in total. The van der Waals surface area contributed by atoms with Gasteiger partial charge in [-0.25, -0.2) is 14.3 Å². The average molecular weight is 293 g/mol. The second-order valence-corrected chi connectivity index (χ2v) is 4.45. The summed E-state index contributed by atoms with van der Waals surface area (Å²) in [6, 6.07) is -0.323. The Bertz CT molecular complexity index is 646. The first kappa shape index (κ1) is 13.0. The second-order valence-electron chi connectivity index (χ2n) is 4.45. The van der Waals surface area contributed by atoms with Crippen molar-refractivity contribution in [2.75, 3.05) is 13.1 Å². The van der Waals surface area contributed by atoms with Crippen LogP contribution in [-0.2, 0) is 6.54 Å². The molecule has 1 aliphatic rings. The number of carbonyl (C=O) groups is 2. The maximum atomic E-state index is 11.8. The van der Waals surface area contributed by atoms with Crippen molar-refractivity contribution in [1.29, 1.82) is 0 Å². The first-order valence-corrected chi connectivity index (χ1v) is 6.06. The summed E-state index contributed by atoms with van der Waals surface area (Å²) in [5.41, 5.74) is -0.116. The van der Waals surface area contributed by atoms with Crippen LogP contribution in [0.3, 0.4) is 0 Å². The lowest BCUT2D eigenvalue weighted by Crippen LogP contribution is -2.54. The Balaban J connectivity index is 1.48. The van der Waals surface area contributed by atoms with Crippen LogP contribution in [0.25, 0.3) is 0 Å². The van der Waals surface area contributed by atoms with Gasteiger partial charge < -0.3 is 19.8 Å². The second kappa shape index (κ2) is 5.19. The molecular formula is C10H11N7O4. The van der Waals surface area contributed by atoms with Crippen LogP contribution in [0.15, 0.2) is 17.1 Å². The molecule has 0 bridgehead atoms. The number of hydrogen-bond donors (Lipinski definition) is 2. The Kier molecular flexibility index (Phi) is 3.22. The van der Waals surface area contributed by atoms with E-state index in [1.54, 1.807) is 4.90 Å². The highest BCUT2D eigenvalue weighted by Crippen LogP contribution is 2.20. The molecule has 1 saturated heterocycles. The maximum Gasteiger partial charge on any atom is 0.358 e. The van der Waals surface area contributed by atoms with Crippen molar-refractivity contribution in [1.82, 2.24) is 35.4 Å². The van der Waals surface area contributed by atoms with Crippen LogP contribution in [0.1, 0.15) is 22.4 Å². The van der Waals surface area contributed by atoms with Gasteiger partial charge in [0.2, 0.25) is 6.39 Å². The fourth-order valence-corrected chi connectivity index (χ4v) is 1.88. The zero-order chi connectivity index (χ0) is 14.8. The van der Waals surface area contributed by atoms with Crippen LogP contribution in [-0.4, -0.2) is 60.2 Å². The van der Waals surface area contributed by atoms with E-state index in [1.807, 2.05) is 0 Å². The first-order valence-electron chi connectivity index (χ1n) is 6.06. The van der Waals surface area contributed by atoms with Gasteiger partial charge in [0, 0.05) is 13.1 Å². The number of carboxylic acid groups (broad SMARTS) is 1. The lowest BCUT2D eigenvalue weighted by molar-refractivity contribution is 0.0690. The third-order valence-corrected chi connectivity index (χ3v) is 3.06. The molecule has 1 fully saturated rings. The number of carboxylic acids is 1. The number of hydrogen-bond acceptors (Lipinski definition) is 7. The van der Waals surface area contributed by atoms with E-state index >= 15 is 0 Å². The van der Waals surface area contributed by atoms with E-state index in [0.717, 1.165) is 0 Å². The topological polar surface area (TPSA) is 139 Å². The van der Waals surface area contributed by atoms with Gasteiger partial charge in [0.05, 0.1) is 18.8 Å². The molecule has 11 nitrogen and oxygen atoms in total. The number of nitrogens with zero attached hydrogens (tertiary/aromatic N) is 6. The predicted octanol–water partition coefficient (Wildman–Crippen LogP) is -0.874. The third kappa shape index (κ3) is 2.66. The molecule has 0 saturated carbocycles. The largest absolute Gasteiger partial charge is 0.476 e. The van der Waals surface area contributed by atoms with Gasteiger partial charge >= 0.3 is 12.0 Å². The molecule has 0 spiro atoms. The molecule has 3 heterocycles. The standard InChI is InChI=1S/C10H11N7O4/c18-9(19)7-4-17(15-13-7)6-2-16(3-6)10(20)11-1-8-12-5-21-14-8/h4-6H,1-3H2,(H,11,20)(H,18,19). The van der Waals surface area contributed by atoms with Crippen molar-refractivity contribution in [2.45, 2.75) is 12.6 Å². The summed E-state index contributed by atoms with van der Waals surface area (Å²) >= 11 is 0. The van der Waals surface area contributed by atoms with Crippen LogP contribution in [0.5, 0.6) is 0 Å². The van der Waals surface area contributed by atoms with Gasteiger partial charge in [-0.3, -0.25) is 0 Å². The summed E-state index contributed by atoms with van der Waals surface area (Å²) in [6.07, 6.45) is 2.54. The molecule has 1 aliphatic heterocycles. The quantitative estimate of drug-likeness (QED) is 0.741. The van der Waals surface area contributed by atoms with Crippen LogP contribution in [0.2, 0.25) is 0 Å². The van der Waals surface area contributed by atoms with E-state index in [2.05, 4.69) is 30.3 Å². The molecule has 0 aromatic carbocycles. The molecule has 0 unspecified atom stereocenters. The Morgan fingerprint density at radius 1 is 1.48 bits per heavy atom. The molecule has 2 aromatic rings. The first-order chi connectivity index (χ1) is 10.1. The Morgan fingerprint density at radius 2 is 2.29 bits per heavy atom. The van der Waals surface area contributed by atoms with Crippen LogP contribution in [0, 0.1) is 0 Å². The number of aromatic nitrogens is 5. The van der Waals surface area contributed by atoms with Crippen molar-refractivity contribution >= 4 is 12.0 Å². The van der Waals surface area contributed by atoms with Gasteiger partial charge in [-0.15, -0.1) is 5.10 Å². The number of carbonyl (C=O) groups excluding carboxylic acids is 1. The maximum absolute atomic E-state index is 11.8. The third-order valence-electron chi connectivity index (χ3n) is 3.06. The monoisotopic (exact) mass is 293 g/mol. The summed E-state index contributed by atoms with van der Waals surface area (Å²) in [7, 11) is 0. The number of likely N-dealkylation sites (tertiary alicyclic amines) is 1. The van der Waals surface area contributed by atoms with E-state index in [-0.39, 0.29) is 24.3 Å². The lowest BCUT2D eigenvalue weighted by atomic mass is 10.1. The molecule has 110 valence electrons. The Labute approximate surface area is 117 Å². The Morgan fingerprint density at radius 3 is 2.90 bits per heavy atom. The molecule has 0 atom stereocenters. The SMILES string of the molecule is O=C(O)c1cn(C2CN(C(=O)NCc3ncon3)C2)nn1. The predicted molar refractivity (Wildman–Crippen MR) is 64.1 cm³/mol. The highest BCUT2D eigenvalue weighted by molar-refractivity contribution is 5.84. The molecule has 3 rings (SSSR count). The van der Waals surface area contributed by atoms with Crippen molar-refractivity contribution in [3.8, 4) is 0 Å². The molecule has 0 aliphatic carbocycles. The molecule has 0 radical (unpaired) electrons. The number of urea groups is 1. The number of amides is 2. The van der Waals surface area contributed by atoms with E-state index in [1.165, 1.54) is 17.3 Å². The summed E-state index contributed by atoms with van der Waals surface area (Å²) in [5, 5.41) is 22.2. The van der Waals surface area contributed by atoms with Crippen molar-refractivity contribution in [3.63, 3.8) is 0 Å². The Hall–Kier alpha value is -2.98. The van der Waals surface area contributed by atoms with Crippen LogP contribution in [0.4, 0.5) is 4.79 Å². The van der Waals surface area contributed by atoms with Crippen molar-refractivity contribution < 1.29 is 19.2 Å². The van der Waals surface area contributed by atoms with E-state index in [4.69, 9.17) is 5.11 Å². The average Bonchev–Trinajstić information content (AvgIpc) is 3.06. The summed E-state index contributed by atoms with van der Waals surface area (Å²) in [4.78, 5) is 27.9. The zero-order valence-electron chi connectivity index (χ0n) is 10.7. The van der Waals surface area contributed by atoms with Gasteiger partial charge in [-0.1, -0.05) is 10.4 Å². The normalized spacial score (nSPS) is 14.8. The van der Waals surface area contributed by atoms with Crippen molar-refractivity contribution in [3.05, 3.63) is 24.1 Å². The van der Waals surface area contributed by atoms with Crippen LogP contribution < -0.4 is 5.32 Å². The van der Waals surface area contributed by atoms with Gasteiger partial charge in [-0.2, -0.15) is 4.98 Å². The summed E-state index contributed by atoms with van der Waals surface area (Å²) in [5.74, 6) is -0.738. The molecule has 21 heavy (non-hydrogen) atoms. The van der Waals surface area contributed by atoms with Crippen LogP contribution >= 0.6 is 0 Å². The minimum atomic E-state index is -1.13. The molecular weight excluding hydrogens is 282 g/mol. The number of rotatable bonds is 4. The van der Waals surface area contributed by atoms with Gasteiger partial charge in [-0.05, 0) is 0 Å². The molecule has 2 aromatic heterocycles. The van der Waals surface area contributed by atoms with E-state index in [0.29, 0.717) is 18.9 Å². The summed E-state index contributed by atoms with van der Waals surface area (Å²) in [6.45, 7) is 1.05. The van der Waals surface area contributed by atoms with Gasteiger partial charge in [0.25, 0.3) is 0 Å². The lowest BCUT2D eigenvalue weighted by Gasteiger charge is -2.38.